The topological polar surface area (TPSA) is 0 Å². The second-order valence-electron chi connectivity index (χ2n) is 4.33. The molecule has 18 heavy (non-hydrogen) atoms. The van der Waals surface area contributed by atoms with E-state index >= 15 is 0 Å². The van der Waals surface area contributed by atoms with E-state index in [1.807, 2.05) is 31.2 Å². The fourth-order valence-electron chi connectivity index (χ4n) is 1.76. The fraction of sp³-hybridized carbons (Fsp3) is 0.200. The zero-order valence-corrected chi connectivity index (χ0v) is 11.5. The molecule has 0 saturated heterocycles. The number of aryl methyl sites for hydroxylation is 1. The van der Waals surface area contributed by atoms with Crippen molar-refractivity contribution in [3.05, 3.63) is 70.0 Å². The summed E-state index contributed by atoms with van der Waals surface area (Å²) in [5, 5.41) is -0.127. The molecule has 0 radical (unpaired) electrons. The molecule has 0 bridgehead atoms. The minimum absolute atomic E-state index is 0.123. The van der Waals surface area contributed by atoms with Crippen molar-refractivity contribution in [3.63, 3.8) is 0 Å². The summed E-state index contributed by atoms with van der Waals surface area (Å²) in [6.45, 7) is 2.04. The molecule has 3 heteroatoms. The highest BCUT2D eigenvalue weighted by atomic mass is 35.5. The summed E-state index contributed by atoms with van der Waals surface area (Å²) >= 11 is 11.9. The molecule has 0 amide bonds. The molecular formula is C15H13Cl2F. The molecule has 0 heterocycles. The molecule has 0 N–H and O–H groups in total. The highest BCUT2D eigenvalue weighted by Gasteiger charge is 2.11. The van der Waals surface area contributed by atoms with Gasteiger partial charge in [-0.15, -0.1) is 11.6 Å². The van der Waals surface area contributed by atoms with Crippen molar-refractivity contribution in [3.8, 4) is 0 Å². The average Bonchev–Trinajstić information content (AvgIpc) is 2.35. The van der Waals surface area contributed by atoms with Crippen LogP contribution in [0.2, 0.25) is 5.02 Å². The average molecular weight is 283 g/mol. The quantitative estimate of drug-likeness (QED) is 0.669. The van der Waals surface area contributed by atoms with E-state index in [0.29, 0.717) is 6.42 Å². The Kier molecular flexibility index (Phi) is 4.26. The number of halogens is 3. The van der Waals surface area contributed by atoms with Crippen LogP contribution in [0.25, 0.3) is 0 Å². The summed E-state index contributed by atoms with van der Waals surface area (Å²) in [6, 6.07) is 12.9. The van der Waals surface area contributed by atoms with Gasteiger partial charge < -0.3 is 0 Å². The first-order chi connectivity index (χ1) is 8.56. The van der Waals surface area contributed by atoms with Crippen molar-refractivity contribution in [2.75, 3.05) is 0 Å². The molecule has 1 atom stereocenters. The maximum atomic E-state index is 13.3. The molecule has 0 aliphatic carbocycles. The van der Waals surface area contributed by atoms with Gasteiger partial charge in [-0.3, -0.25) is 0 Å². The van der Waals surface area contributed by atoms with Crippen molar-refractivity contribution in [1.29, 1.82) is 0 Å². The van der Waals surface area contributed by atoms with Crippen LogP contribution in [0.15, 0.2) is 42.5 Å². The van der Waals surface area contributed by atoms with Gasteiger partial charge >= 0.3 is 0 Å². The molecule has 0 fully saturated rings. The predicted octanol–water partition coefficient (Wildman–Crippen LogP) is 5.31. The van der Waals surface area contributed by atoms with Gasteiger partial charge in [-0.2, -0.15) is 0 Å². The summed E-state index contributed by atoms with van der Waals surface area (Å²) in [6.07, 6.45) is 0.670. The third-order valence-corrected chi connectivity index (χ3v) is 3.55. The van der Waals surface area contributed by atoms with Crippen molar-refractivity contribution >= 4 is 23.2 Å². The maximum Gasteiger partial charge on any atom is 0.142 e. The summed E-state index contributed by atoms with van der Waals surface area (Å²) in [5.41, 5.74) is 3.09. The third-order valence-electron chi connectivity index (χ3n) is 2.84. The highest BCUT2D eigenvalue weighted by molar-refractivity contribution is 6.30. The van der Waals surface area contributed by atoms with Gasteiger partial charge in [-0.25, -0.2) is 4.39 Å². The monoisotopic (exact) mass is 282 g/mol. The molecule has 94 valence electrons. The van der Waals surface area contributed by atoms with E-state index in [2.05, 4.69) is 0 Å². The molecule has 0 aliphatic heterocycles. The van der Waals surface area contributed by atoms with Crippen LogP contribution in [0.4, 0.5) is 4.39 Å². The van der Waals surface area contributed by atoms with E-state index in [9.17, 15) is 4.39 Å². The van der Waals surface area contributed by atoms with Crippen LogP contribution in [-0.4, -0.2) is 0 Å². The Hall–Kier alpha value is -1.05. The standard InChI is InChI=1S/C15H13Cl2F/c1-10-2-4-11(5-3-10)8-14(17)12-6-7-13(16)15(18)9-12/h2-7,9,14H,8H2,1H3. The van der Waals surface area contributed by atoms with Gasteiger partial charge in [0.25, 0.3) is 0 Å². The molecule has 2 aromatic carbocycles. The highest BCUT2D eigenvalue weighted by Crippen LogP contribution is 2.27. The fourth-order valence-corrected chi connectivity index (χ4v) is 2.19. The maximum absolute atomic E-state index is 13.3. The number of alkyl halides is 1. The molecule has 0 aliphatic rings. The SMILES string of the molecule is Cc1ccc(CC(Cl)c2ccc(Cl)c(F)c2)cc1. The first-order valence-electron chi connectivity index (χ1n) is 5.71. The predicted molar refractivity (Wildman–Crippen MR) is 74.9 cm³/mol. The Bertz CT molecular complexity index is 535. The van der Waals surface area contributed by atoms with Crippen molar-refractivity contribution in [1.82, 2.24) is 0 Å². The number of benzene rings is 2. The van der Waals surface area contributed by atoms with Crippen LogP contribution in [-0.2, 0) is 6.42 Å². The van der Waals surface area contributed by atoms with Crippen LogP contribution in [0.3, 0.4) is 0 Å². The molecule has 2 aromatic rings. The van der Waals surface area contributed by atoms with Crippen molar-refractivity contribution in [2.24, 2.45) is 0 Å². The van der Waals surface area contributed by atoms with Crippen LogP contribution in [0.5, 0.6) is 0 Å². The van der Waals surface area contributed by atoms with Crippen LogP contribution >= 0.6 is 23.2 Å². The second-order valence-corrected chi connectivity index (χ2v) is 5.26. The lowest BCUT2D eigenvalue weighted by atomic mass is 10.0. The Balaban J connectivity index is 2.13. The van der Waals surface area contributed by atoms with Gasteiger partial charge in [0.05, 0.1) is 10.4 Å². The van der Waals surface area contributed by atoms with Gasteiger partial charge in [-0.1, -0.05) is 47.5 Å². The van der Waals surface area contributed by atoms with Gasteiger partial charge in [0.15, 0.2) is 0 Å². The molecular weight excluding hydrogens is 270 g/mol. The summed E-state index contributed by atoms with van der Waals surface area (Å²) in [5.74, 6) is -0.427. The second kappa shape index (κ2) is 5.73. The molecule has 0 nitrogen and oxygen atoms in total. The molecule has 0 saturated carbocycles. The number of hydrogen-bond acceptors (Lipinski definition) is 0. The van der Waals surface area contributed by atoms with Gasteiger partial charge in [0.2, 0.25) is 0 Å². The lowest BCUT2D eigenvalue weighted by Gasteiger charge is -2.10. The largest absolute Gasteiger partial charge is 0.205 e. The van der Waals surface area contributed by atoms with Crippen LogP contribution in [0.1, 0.15) is 22.1 Å². The summed E-state index contributed by atoms with van der Waals surface area (Å²) < 4.78 is 13.3. The smallest absolute Gasteiger partial charge is 0.142 e. The van der Waals surface area contributed by atoms with Crippen LogP contribution < -0.4 is 0 Å². The Labute approximate surface area is 116 Å². The van der Waals surface area contributed by atoms with E-state index in [0.717, 1.165) is 11.1 Å². The van der Waals surface area contributed by atoms with E-state index in [1.165, 1.54) is 17.7 Å². The summed E-state index contributed by atoms with van der Waals surface area (Å²) in [7, 11) is 0. The molecule has 1 unspecified atom stereocenters. The van der Waals surface area contributed by atoms with Crippen molar-refractivity contribution < 1.29 is 4.39 Å². The lowest BCUT2D eigenvalue weighted by molar-refractivity contribution is 0.625. The minimum atomic E-state index is -0.427. The third kappa shape index (κ3) is 3.24. The zero-order chi connectivity index (χ0) is 13.1. The first-order valence-corrected chi connectivity index (χ1v) is 6.52. The molecule has 0 aromatic heterocycles. The van der Waals surface area contributed by atoms with Crippen LogP contribution in [0, 0.1) is 12.7 Å². The lowest BCUT2D eigenvalue weighted by Crippen LogP contribution is -1.97. The van der Waals surface area contributed by atoms with Gasteiger partial charge in [-0.05, 0) is 36.6 Å². The molecule has 0 spiro atoms. The first kappa shape index (κ1) is 13.4. The van der Waals surface area contributed by atoms with Gasteiger partial charge in [0, 0.05) is 0 Å². The van der Waals surface area contributed by atoms with E-state index in [-0.39, 0.29) is 10.4 Å². The molecule has 2 rings (SSSR count). The van der Waals surface area contributed by atoms with E-state index in [1.54, 1.807) is 6.07 Å². The van der Waals surface area contributed by atoms with Crippen molar-refractivity contribution in [2.45, 2.75) is 18.7 Å². The Morgan fingerprint density at radius 2 is 1.78 bits per heavy atom. The minimum Gasteiger partial charge on any atom is -0.205 e. The Morgan fingerprint density at radius 3 is 2.39 bits per heavy atom. The van der Waals surface area contributed by atoms with Gasteiger partial charge in [0.1, 0.15) is 5.82 Å². The summed E-state index contributed by atoms with van der Waals surface area (Å²) in [4.78, 5) is 0. The number of rotatable bonds is 3. The van der Waals surface area contributed by atoms with E-state index < -0.39 is 5.82 Å². The zero-order valence-electron chi connectivity index (χ0n) is 9.96. The Morgan fingerprint density at radius 1 is 1.11 bits per heavy atom. The number of hydrogen-bond donors (Lipinski definition) is 0. The van der Waals surface area contributed by atoms with E-state index in [4.69, 9.17) is 23.2 Å². The normalized spacial score (nSPS) is 12.4.